The van der Waals surface area contributed by atoms with Gasteiger partial charge in [0.05, 0.1) is 0 Å². The summed E-state index contributed by atoms with van der Waals surface area (Å²) in [7, 11) is 0. The van der Waals surface area contributed by atoms with E-state index in [0.29, 0.717) is 0 Å². The van der Waals surface area contributed by atoms with Crippen molar-refractivity contribution in [3.05, 3.63) is 35.4 Å². The number of fused-ring (bicyclic) bond motifs is 4. The normalized spacial score (nSPS) is 34.1. The highest BCUT2D eigenvalue weighted by Gasteiger charge is 2.34. The fraction of sp³-hybridized carbons (Fsp3) is 0.667. The number of piperidine rings is 3. The van der Waals surface area contributed by atoms with Crippen molar-refractivity contribution in [2.45, 2.75) is 44.1 Å². The van der Waals surface area contributed by atoms with Gasteiger partial charge < -0.3 is 10.2 Å². The van der Waals surface area contributed by atoms with E-state index < -0.39 is 0 Å². The SMILES string of the molecule is Cl.c1ccc2c(c1)CCC[C@@H]2CN[C@H]1CN2CCC1CC2. The summed E-state index contributed by atoms with van der Waals surface area (Å²) in [5.74, 6) is 1.69. The molecule has 2 nitrogen and oxygen atoms in total. The molecule has 1 N–H and O–H groups in total. The van der Waals surface area contributed by atoms with Crippen LogP contribution in [0, 0.1) is 5.92 Å². The molecule has 4 aliphatic rings. The molecular formula is C18H27ClN2. The summed E-state index contributed by atoms with van der Waals surface area (Å²) in [6.45, 7) is 5.16. The predicted octanol–water partition coefficient (Wildman–Crippen LogP) is 3.21. The summed E-state index contributed by atoms with van der Waals surface area (Å²) in [6.07, 6.45) is 6.85. The third-order valence-electron chi connectivity index (χ3n) is 5.78. The van der Waals surface area contributed by atoms with Crippen molar-refractivity contribution in [1.82, 2.24) is 10.2 Å². The Morgan fingerprint density at radius 1 is 1.10 bits per heavy atom. The number of rotatable bonds is 3. The highest BCUT2D eigenvalue weighted by atomic mass is 35.5. The molecule has 3 fully saturated rings. The second-order valence-corrected chi connectivity index (χ2v) is 6.94. The molecule has 2 bridgehead atoms. The van der Waals surface area contributed by atoms with Crippen molar-refractivity contribution >= 4 is 12.4 Å². The highest BCUT2D eigenvalue weighted by molar-refractivity contribution is 5.85. The Bertz CT molecular complexity index is 468. The Morgan fingerprint density at radius 3 is 2.67 bits per heavy atom. The highest BCUT2D eigenvalue weighted by Crippen LogP contribution is 2.32. The maximum absolute atomic E-state index is 3.92. The lowest BCUT2D eigenvalue weighted by molar-refractivity contribution is 0.0718. The Kier molecular flexibility index (Phi) is 4.88. The molecule has 1 aromatic rings. The first-order chi connectivity index (χ1) is 9.90. The van der Waals surface area contributed by atoms with E-state index in [1.807, 2.05) is 0 Å². The van der Waals surface area contributed by atoms with Gasteiger partial charge in [-0.15, -0.1) is 12.4 Å². The summed E-state index contributed by atoms with van der Waals surface area (Å²) < 4.78 is 0. The summed E-state index contributed by atoms with van der Waals surface area (Å²) in [4.78, 5) is 2.65. The standard InChI is InChI=1S/C18H26N2.ClH/c1-2-7-17-14(4-1)5-3-6-16(17)12-19-18-13-20-10-8-15(18)9-11-20;/h1-2,4,7,15-16,18-19H,3,5-6,8-13H2;1H/t16-,18+;/m1./s1. The second kappa shape index (κ2) is 6.68. The van der Waals surface area contributed by atoms with Crippen LogP contribution >= 0.6 is 12.4 Å². The molecule has 0 radical (unpaired) electrons. The summed E-state index contributed by atoms with van der Waals surface area (Å²) in [5, 5.41) is 3.92. The van der Waals surface area contributed by atoms with Gasteiger partial charge in [0.15, 0.2) is 0 Å². The van der Waals surface area contributed by atoms with Gasteiger partial charge in [-0.25, -0.2) is 0 Å². The van der Waals surface area contributed by atoms with Crippen LogP contribution in [0.2, 0.25) is 0 Å². The molecule has 3 heteroatoms. The van der Waals surface area contributed by atoms with Gasteiger partial charge in [0.2, 0.25) is 0 Å². The second-order valence-electron chi connectivity index (χ2n) is 6.94. The lowest BCUT2D eigenvalue weighted by Crippen LogP contribution is -2.56. The molecule has 3 heterocycles. The zero-order valence-corrected chi connectivity index (χ0v) is 13.6. The number of hydrogen-bond acceptors (Lipinski definition) is 2. The van der Waals surface area contributed by atoms with Crippen LogP contribution in [0.4, 0.5) is 0 Å². The number of aryl methyl sites for hydroxylation is 1. The van der Waals surface area contributed by atoms with E-state index in [1.54, 1.807) is 11.1 Å². The van der Waals surface area contributed by atoms with Crippen LogP contribution in [-0.4, -0.2) is 37.1 Å². The van der Waals surface area contributed by atoms with Gasteiger partial charge in [-0.05, 0) is 68.2 Å². The predicted molar refractivity (Wildman–Crippen MR) is 90.3 cm³/mol. The lowest BCUT2D eigenvalue weighted by Gasteiger charge is -2.45. The average Bonchev–Trinajstić information content (AvgIpc) is 2.54. The van der Waals surface area contributed by atoms with E-state index in [4.69, 9.17) is 0 Å². The molecule has 0 spiro atoms. The molecule has 3 aliphatic heterocycles. The van der Waals surface area contributed by atoms with Gasteiger partial charge in [-0.3, -0.25) is 0 Å². The quantitative estimate of drug-likeness (QED) is 0.922. The fourth-order valence-electron chi connectivity index (χ4n) is 4.56. The fourth-order valence-corrected chi connectivity index (χ4v) is 4.56. The number of nitrogens with one attached hydrogen (secondary N) is 1. The van der Waals surface area contributed by atoms with Crippen LogP contribution < -0.4 is 5.32 Å². The molecule has 1 aromatic carbocycles. The van der Waals surface area contributed by atoms with Crippen molar-refractivity contribution in [1.29, 1.82) is 0 Å². The van der Waals surface area contributed by atoms with Crippen molar-refractivity contribution in [3.8, 4) is 0 Å². The number of nitrogens with zero attached hydrogens (tertiary/aromatic N) is 1. The Hall–Kier alpha value is -0.570. The summed E-state index contributed by atoms with van der Waals surface area (Å²) >= 11 is 0. The molecule has 3 saturated heterocycles. The molecule has 2 atom stereocenters. The first kappa shape index (κ1) is 15.3. The smallest absolute Gasteiger partial charge is 0.0224 e. The first-order valence-electron chi connectivity index (χ1n) is 8.44. The van der Waals surface area contributed by atoms with Crippen LogP contribution in [-0.2, 0) is 6.42 Å². The van der Waals surface area contributed by atoms with Crippen molar-refractivity contribution in [2.24, 2.45) is 5.92 Å². The maximum atomic E-state index is 3.92. The number of halogens is 1. The molecule has 1 aliphatic carbocycles. The Morgan fingerprint density at radius 2 is 1.90 bits per heavy atom. The van der Waals surface area contributed by atoms with Crippen molar-refractivity contribution < 1.29 is 0 Å². The first-order valence-corrected chi connectivity index (χ1v) is 8.44. The third-order valence-corrected chi connectivity index (χ3v) is 5.78. The largest absolute Gasteiger partial charge is 0.312 e. The molecule has 0 amide bonds. The lowest BCUT2D eigenvalue weighted by atomic mass is 9.81. The topological polar surface area (TPSA) is 15.3 Å². The van der Waals surface area contributed by atoms with Gasteiger partial charge >= 0.3 is 0 Å². The minimum absolute atomic E-state index is 0. The minimum Gasteiger partial charge on any atom is -0.312 e. The summed E-state index contributed by atoms with van der Waals surface area (Å²) in [5.41, 5.74) is 3.21. The Balaban J connectivity index is 0.00000132. The van der Waals surface area contributed by atoms with E-state index in [9.17, 15) is 0 Å². The molecule has 0 saturated carbocycles. The van der Waals surface area contributed by atoms with E-state index in [-0.39, 0.29) is 12.4 Å². The molecule has 116 valence electrons. The van der Waals surface area contributed by atoms with Gasteiger partial charge in [0.25, 0.3) is 0 Å². The van der Waals surface area contributed by atoms with Crippen LogP contribution in [0.15, 0.2) is 24.3 Å². The zero-order valence-electron chi connectivity index (χ0n) is 12.8. The molecular weight excluding hydrogens is 280 g/mol. The van der Waals surface area contributed by atoms with Crippen molar-refractivity contribution in [2.75, 3.05) is 26.2 Å². The van der Waals surface area contributed by atoms with Crippen LogP contribution in [0.5, 0.6) is 0 Å². The van der Waals surface area contributed by atoms with Gasteiger partial charge in [0, 0.05) is 19.1 Å². The summed E-state index contributed by atoms with van der Waals surface area (Å²) in [6, 6.07) is 9.85. The third kappa shape index (κ3) is 3.13. The van der Waals surface area contributed by atoms with E-state index in [0.717, 1.165) is 17.9 Å². The van der Waals surface area contributed by atoms with E-state index >= 15 is 0 Å². The molecule has 0 aromatic heterocycles. The molecule has 5 rings (SSSR count). The maximum Gasteiger partial charge on any atom is 0.0224 e. The number of benzene rings is 1. The van der Waals surface area contributed by atoms with Crippen LogP contribution in [0.3, 0.4) is 0 Å². The average molecular weight is 307 g/mol. The van der Waals surface area contributed by atoms with Crippen LogP contribution in [0.1, 0.15) is 42.7 Å². The van der Waals surface area contributed by atoms with Crippen LogP contribution in [0.25, 0.3) is 0 Å². The van der Waals surface area contributed by atoms with Gasteiger partial charge in [-0.1, -0.05) is 24.3 Å². The van der Waals surface area contributed by atoms with E-state index in [1.165, 1.54) is 58.3 Å². The van der Waals surface area contributed by atoms with E-state index in [2.05, 4.69) is 34.5 Å². The molecule has 0 unspecified atom stereocenters. The monoisotopic (exact) mass is 306 g/mol. The number of hydrogen-bond donors (Lipinski definition) is 1. The van der Waals surface area contributed by atoms with Crippen molar-refractivity contribution in [3.63, 3.8) is 0 Å². The van der Waals surface area contributed by atoms with Gasteiger partial charge in [-0.2, -0.15) is 0 Å². The van der Waals surface area contributed by atoms with Gasteiger partial charge in [0.1, 0.15) is 0 Å². The minimum atomic E-state index is 0. The Labute approximate surface area is 134 Å². The molecule has 21 heavy (non-hydrogen) atoms. The zero-order chi connectivity index (χ0) is 13.4.